The Morgan fingerprint density at radius 2 is 1.76 bits per heavy atom. The van der Waals surface area contributed by atoms with Crippen molar-refractivity contribution in [3.63, 3.8) is 0 Å². The first-order valence-electron chi connectivity index (χ1n) is 6.19. The van der Waals surface area contributed by atoms with Crippen molar-refractivity contribution in [1.29, 1.82) is 0 Å². The van der Waals surface area contributed by atoms with E-state index in [0.29, 0.717) is 0 Å². The summed E-state index contributed by atoms with van der Waals surface area (Å²) in [5.74, 6) is -0.505. The van der Waals surface area contributed by atoms with Crippen LogP contribution in [0.25, 0.3) is 0 Å². The zero-order chi connectivity index (χ0) is 12.9. The lowest BCUT2D eigenvalue weighted by atomic mass is 10.1. The monoisotopic (exact) mass is 242 g/mol. The lowest BCUT2D eigenvalue weighted by Crippen LogP contribution is -2.13. The molecule has 0 heterocycles. The van der Waals surface area contributed by atoms with Gasteiger partial charge in [-0.05, 0) is 26.2 Å². The van der Waals surface area contributed by atoms with Gasteiger partial charge in [-0.1, -0.05) is 25.3 Å². The Kier molecular flexibility index (Phi) is 10.3. The first-order chi connectivity index (χ1) is 8.20. The van der Waals surface area contributed by atoms with Crippen LogP contribution in [-0.2, 0) is 14.3 Å². The molecule has 0 bridgehead atoms. The molecule has 4 nitrogen and oxygen atoms in total. The zero-order valence-corrected chi connectivity index (χ0v) is 10.6. The Balaban J connectivity index is 3.33. The van der Waals surface area contributed by atoms with E-state index in [1.807, 2.05) is 6.08 Å². The highest BCUT2D eigenvalue weighted by molar-refractivity contribution is 5.81. The largest absolute Gasteiger partial charge is 0.516 e. The van der Waals surface area contributed by atoms with Crippen molar-refractivity contribution < 1.29 is 19.1 Å². The summed E-state index contributed by atoms with van der Waals surface area (Å²) in [6, 6.07) is 0. The molecule has 0 rings (SSSR count). The molecule has 0 saturated heterocycles. The fraction of sp³-hybridized carbons (Fsp3) is 0.692. The highest BCUT2D eigenvalue weighted by Crippen LogP contribution is 2.08. The molecule has 0 saturated carbocycles. The highest BCUT2D eigenvalue weighted by Gasteiger charge is 2.09. The number of allylic oxidation sites excluding steroid dienone is 1. The predicted molar refractivity (Wildman–Crippen MR) is 65.6 cm³/mol. The van der Waals surface area contributed by atoms with Crippen molar-refractivity contribution in [2.75, 3.05) is 6.61 Å². The minimum absolute atomic E-state index is 0.218. The molecule has 0 aliphatic carbocycles. The first-order valence-corrected chi connectivity index (χ1v) is 6.19. The fourth-order valence-corrected chi connectivity index (χ4v) is 1.38. The number of carbonyl (C=O) groups excluding carboxylic acids is 2. The summed E-state index contributed by atoms with van der Waals surface area (Å²) in [7, 11) is 0. The van der Waals surface area contributed by atoms with Gasteiger partial charge in [0.1, 0.15) is 0 Å². The van der Waals surface area contributed by atoms with Gasteiger partial charge in [-0.25, -0.2) is 4.79 Å². The summed E-state index contributed by atoms with van der Waals surface area (Å²) in [6.45, 7) is 5.53. The maximum Gasteiger partial charge on any atom is 0.516 e. The standard InChI is InChI=1S/C13H22O4/c1-3-5-6-7-8-9-10-11-12(14)17-13(15)16-4-2/h3H,1,4-11H2,2H3. The number of hydrogen-bond donors (Lipinski definition) is 0. The maximum atomic E-state index is 11.1. The predicted octanol–water partition coefficient (Wildman–Crippen LogP) is 3.60. The van der Waals surface area contributed by atoms with Crippen LogP contribution in [0.5, 0.6) is 0 Å². The number of esters is 1. The van der Waals surface area contributed by atoms with E-state index in [0.717, 1.165) is 38.5 Å². The van der Waals surface area contributed by atoms with Crippen LogP contribution in [-0.4, -0.2) is 18.7 Å². The Morgan fingerprint density at radius 3 is 2.41 bits per heavy atom. The molecule has 0 aromatic carbocycles. The summed E-state index contributed by atoms with van der Waals surface area (Å²) in [6.07, 6.45) is 7.47. The molecule has 0 aliphatic rings. The van der Waals surface area contributed by atoms with Crippen molar-refractivity contribution >= 4 is 12.1 Å². The van der Waals surface area contributed by atoms with Crippen LogP contribution in [0.1, 0.15) is 51.9 Å². The van der Waals surface area contributed by atoms with Crippen LogP contribution >= 0.6 is 0 Å². The molecule has 0 radical (unpaired) electrons. The Labute approximate surface area is 103 Å². The average molecular weight is 242 g/mol. The Bertz CT molecular complexity index is 236. The number of hydrogen-bond acceptors (Lipinski definition) is 4. The van der Waals surface area contributed by atoms with Gasteiger partial charge in [0, 0.05) is 6.42 Å². The second-order valence-electron chi connectivity index (χ2n) is 3.75. The third-order valence-electron chi connectivity index (χ3n) is 2.25. The number of rotatable bonds is 9. The second-order valence-corrected chi connectivity index (χ2v) is 3.75. The van der Waals surface area contributed by atoms with E-state index in [9.17, 15) is 9.59 Å². The van der Waals surface area contributed by atoms with Gasteiger partial charge < -0.3 is 9.47 Å². The molecule has 4 heteroatoms. The second kappa shape index (κ2) is 11.2. The smallest absolute Gasteiger partial charge is 0.434 e. The Morgan fingerprint density at radius 1 is 1.12 bits per heavy atom. The topological polar surface area (TPSA) is 52.6 Å². The van der Waals surface area contributed by atoms with Crippen molar-refractivity contribution in [2.24, 2.45) is 0 Å². The van der Waals surface area contributed by atoms with E-state index in [1.54, 1.807) is 6.92 Å². The van der Waals surface area contributed by atoms with Gasteiger partial charge in [0.15, 0.2) is 0 Å². The quantitative estimate of drug-likeness (QED) is 0.268. The minimum atomic E-state index is -0.900. The minimum Gasteiger partial charge on any atom is -0.434 e. The van der Waals surface area contributed by atoms with Gasteiger partial charge in [0.2, 0.25) is 0 Å². The molecule has 0 amide bonds. The lowest BCUT2D eigenvalue weighted by molar-refractivity contribution is -0.139. The Hall–Kier alpha value is -1.32. The van der Waals surface area contributed by atoms with E-state index >= 15 is 0 Å². The molecule has 0 unspecified atom stereocenters. The molecule has 0 N–H and O–H groups in total. The number of unbranched alkanes of at least 4 members (excludes halogenated alkanes) is 5. The van der Waals surface area contributed by atoms with E-state index in [4.69, 9.17) is 0 Å². The van der Waals surface area contributed by atoms with Crippen LogP contribution in [0.4, 0.5) is 4.79 Å². The summed E-state index contributed by atoms with van der Waals surface area (Å²) in [4.78, 5) is 21.9. The summed E-state index contributed by atoms with van der Waals surface area (Å²) < 4.78 is 8.92. The molecule has 0 aliphatic heterocycles. The molecule has 0 aromatic rings. The van der Waals surface area contributed by atoms with Crippen molar-refractivity contribution in [1.82, 2.24) is 0 Å². The van der Waals surface area contributed by atoms with Gasteiger partial charge in [-0.15, -0.1) is 6.58 Å². The van der Waals surface area contributed by atoms with Gasteiger partial charge in [0.25, 0.3) is 0 Å². The number of carbonyl (C=O) groups is 2. The van der Waals surface area contributed by atoms with Gasteiger partial charge in [0.05, 0.1) is 6.61 Å². The molecule has 0 fully saturated rings. The highest BCUT2D eigenvalue weighted by atomic mass is 16.7. The SMILES string of the molecule is C=CCCCCCCCC(=O)OC(=O)OCC. The molecule has 17 heavy (non-hydrogen) atoms. The van der Waals surface area contributed by atoms with Crippen LogP contribution in [0.3, 0.4) is 0 Å². The van der Waals surface area contributed by atoms with Crippen molar-refractivity contribution in [2.45, 2.75) is 51.9 Å². The molecule has 98 valence electrons. The molecule has 0 aromatic heterocycles. The molecule has 0 atom stereocenters. The van der Waals surface area contributed by atoms with Crippen LogP contribution in [0.2, 0.25) is 0 Å². The van der Waals surface area contributed by atoms with E-state index < -0.39 is 12.1 Å². The maximum absolute atomic E-state index is 11.1. The van der Waals surface area contributed by atoms with Crippen LogP contribution < -0.4 is 0 Å². The van der Waals surface area contributed by atoms with E-state index in [-0.39, 0.29) is 13.0 Å². The lowest BCUT2D eigenvalue weighted by Gasteiger charge is -2.02. The number of ether oxygens (including phenoxy) is 2. The zero-order valence-electron chi connectivity index (χ0n) is 10.6. The molecular weight excluding hydrogens is 220 g/mol. The summed E-state index contributed by atoms with van der Waals surface area (Å²) in [5.41, 5.74) is 0. The summed E-state index contributed by atoms with van der Waals surface area (Å²) in [5, 5.41) is 0. The third kappa shape index (κ3) is 11.0. The van der Waals surface area contributed by atoms with Crippen molar-refractivity contribution in [3.8, 4) is 0 Å². The summed E-state index contributed by atoms with van der Waals surface area (Å²) >= 11 is 0. The van der Waals surface area contributed by atoms with Gasteiger partial charge in [-0.3, -0.25) is 4.79 Å². The molecular formula is C13H22O4. The normalized spacial score (nSPS) is 9.71. The van der Waals surface area contributed by atoms with Gasteiger partial charge >= 0.3 is 12.1 Å². The fourth-order valence-electron chi connectivity index (χ4n) is 1.38. The van der Waals surface area contributed by atoms with E-state index in [1.165, 1.54) is 0 Å². The molecule has 0 spiro atoms. The third-order valence-corrected chi connectivity index (χ3v) is 2.25. The van der Waals surface area contributed by atoms with Crippen molar-refractivity contribution in [3.05, 3.63) is 12.7 Å². The van der Waals surface area contributed by atoms with Crippen LogP contribution in [0, 0.1) is 0 Å². The van der Waals surface area contributed by atoms with E-state index in [2.05, 4.69) is 16.1 Å². The van der Waals surface area contributed by atoms with Gasteiger partial charge in [-0.2, -0.15) is 0 Å². The first kappa shape index (κ1) is 15.7. The van der Waals surface area contributed by atoms with Crippen LogP contribution in [0.15, 0.2) is 12.7 Å². The average Bonchev–Trinajstić information content (AvgIpc) is 2.28.